The van der Waals surface area contributed by atoms with E-state index in [2.05, 4.69) is 10.3 Å². The topological polar surface area (TPSA) is 72.7 Å². The van der Waals surface area contributed by atoms with Crippen molar-refractivity contribution in [1.82, 2.24) is 9.38 Å². The lowest BCUT2D eigenvalue weighted by molar-refractivity contribution is 0.102. The number of anilines is 1. The van der Waals surface area contributed by atoms with E-state index in [0.29, 0.717) is 28.3 Å². The van der Waals surface area contributed by atoms with Crippen molar-refractivity contribution in [3.8, 4) is 5.75 Å². The quantitative estimate of drug-likeness (QED) is 0.547. The van der Waals surface area contributed by atoms with Crippen molar-refractivity contribution in [2.24, 2.45) is 0 Å². The highest BCUT2D eigenvalue weighted by molar-refractivity contribution is 6.04. The summed E-state index contributed by atoms with van der Waals surface area (Å²) in [6.07, 6.45) is 1.72. The first-order valence-electron chi connectivity index (χ1n) is 9.58. The molecule has 0 aliphatic heterocycles. The van der Waals surface area contributed by atoms with Gasteiger partial charge in [-0.25, -0.2) is 4.98 Å². The number of aromatic nitrogens is 2. The van der Waals surface area contributed by atoms with Crippen LogP contribution in [-0.2, 0) is 6.61 Å². The molecule has 0 saturated heterocycles. The summed E-state index contributed by atoms with van der Waals surface area (Å²) in [4.78, 5) is 29.2. The monoisotopic (exact) mass is 399 g/mol. The van der Waals surface area contributed by atoms with E-state index < -0.39 is 0 Å². The summed E-state index contributed by atoms with van der Waals surface area (Å²) in [7, 11) is 0. The first kappa shape index (κ1) is 19.4. The summed E-state index contributed by atoms with van der Waals surface area (Å²) in [5, 5.41) is 2.88. The zero-order chi connectivity index (χ0) is 21.1. The Morgan fingerprint density at radius 2 is 1.83 bits per heavy atom. The molecule has 30 heavy (non-hydrogen) atoms. The predicted octanol–water partition coefficient (Wildman–Crippen LogP) is 4.14. The number of carbonyl (C=O) groups excluding carboxylic acids is 1. The van der Waals surface area contributed by atoms with Crippen LogP contribution in [-0.4, -0.2) is 15.3 Å². The van der Waals surface area contributed by atoms with E-state index >= 15 is 0 Å². The van der Waals surface area contributed by atoms with Crippen molar-refractivity contribution in [3.05, 3.63) is 106 Å². The lowest BCUT2D eigenvalue weighted by Crippen LogP contribution is -2.16. The van der Waals surface area contributed by atoms with Crippen LogP contribution in [0.5, 0.6) is 5.75 Å². The summed E-state index contributed by atoms with van der Waals surface area (Å²) >= 11 is 0. The smallest absolute Gasteiger partial charge is 0.258 e. The minimum Gasteiger partial charge on any atom is -0.487 e. The number of nitrogens with zero attached hydrogens (tertiary/aromatic N) is 2. The number of hydrogen-bond donors (Lipinski definition) is 1. The average Bonchev–Trinajstić information content (AvgIpc) is 2.74. The van der Waals surface area contributed by atoms with Gasteiger partial charge in [-0.05, 0) is 55.3 Å². The normalized spacial score (nSPS) is 10.7. The van der Waals surface area contributed by atoms with E-state index in [1.165, 1.54) is 10.5 Å². The lowest BCUT2D eigenvalue weighted by Gasteiger charge is -2.12. The fraction of sp³-hybridized carbons (Fsp3) is 0.125. The second-order valence-electron chi connectivity index (χ2n) is 7.11. The number of hydrogen-bond acceptors (Lipinski definition) is 4. The van der Waals surface area contributed by atoms with E-state index in [1.54, 1.807) is 24.4 Å². The number of fused-ring (bicyclic) bond motifs is 1. The Bertz CT molecular complexity index is 1280. The molecule has 0 bridgehead atoms. The molecule has 2 heterocycles. The molecule has 0 aliphatic carbocycles. The zero-order valence-corrected chi connectivity index (χ0v) is 16.8. The SMILES string of the molecule is Cc1ccn2c(=O)cc(COc3cc(NC(=O)c4ccccc4)ccc3C)nc2c1. The van der Waals surface area contributed by atoms with Crippen LogP contribution in [0.3, 0.4) is 0 Å². The third-order valence-electron chi connectivity index (χ3n) is 4.73. The summed E-state index contributed by atoms with van der Waals surface area (Å²) < 4.78 is 7.42. The molecule has 150 valence electrons. The second kappa shape index (κ2) is 8.21. The molecular formula is C24H21N3O3. The molecule has 4 aromatic rings. The molecule has 0 unspecified atom stereocenters. The molecule has 2 aromatic heterocycles. The number of pyridine rings is 1. The van der Waals surface area contributed by atoms with Crippen LogP contribution < -0.4 is 15.6 Å². The van der Waals surface area contributed by atoms with Gasteiger partial charge in [0.05, 0.1) is 5.69 Å². The van der Waals surface area contributed by atoms with Gasteiger partial charge in [0.1, 0.15) is 18.0 Å². The minimum atomic E-state index is -0.190. The Hall–Kier alpha value is -3.93. The fourth-order valence-corrected chi connectivity index (χ4v) is 3.11. The number of carbonyl (C=O) groups is 1. The van der Waals surface area contributed by atoms with Crippen molar-refractivity contribution in [1.29, 1.82) is 0 Å². The van der Waals surface area contributed by atoms with Gasteiger partial charge >= 0.3 is 0 Å². The molecule has 1 amide bonds. The third kappa shape index (κ3) is 4.22. The second-order valence-corrected chi connectivity index (χ2v) is 7.11. The van der Waals surface area contributed by atoms with E-state index in [0.717, 1.165) is 11.1 Å². The van der Waals surface area contributed by atoms with Crippen molar-refractivity contribution in [2.45, 2.75) is 20.5 Å². The lowest BCUT2D eigenvalue weighted by atomic mass is 10.2. The van der Waals surface area contributed by atoms with Crippen LogP contribution in [0.4, 0.5) is 5.69 Å². The van der Waals surface area contributed by atoms with Gasteiger partial charge in [-0.3, -0.25) is 14.0 Å². The van der Waals surface area contributed by atoms with Crippen molar-refractivity contribution in [3.63, 3.8) is 0 Å². The van der Waals surface area contributed by atoms with Gasteiger partial charge in [-0.15, -0.1) is 0 Å². The molecule has 0 fully saturated rings. The Morgan fingerprint density at radius 1 is 1.03 bits per heavy atom. The van der Waals surface area contributed by atoms with Gasteiger partial charge in [0.15, 0.2) is 0 Å². The molecule has 2 aromatic carbocycles. The molecular weight excluding hydrogens is 378 g/mol. The maximum absolute atomic E-state index is 12.4. The number of benzene rings is 2. The molecule has 4 rings (SSSR count). The summed E-state index contributed by atoms with van der Waals surface area (Å²) in [5.41, 5.74) is 4.13. The molecule has 6 nitrogen and oxygen atoms in total. The highest BCUT2D eigenvalue weighted by Gasteiger charge is 2.09. The van der Waals surface area contributed by atoms with Gasteiger partial charge in [-0.2, -0.15) is 0 Å². The molecule has 0 atom stereocenters. The van der Waals surface area contributed by atoms with Crippen LogP contribution in [0.1, 0.15) is 27.2 Å². The third-order valence-corrected chi connectivity index (χ3v) is 4.73. The van der Waals surface area contributed by atoms with E-state index in [9.17, 15) is 9.59 Å². The molecule has 6 heteroatoms. The van der Waals surface area contributed by atoms with Crippen LogP contribution in [0.15, 0.2) is 77.7 Å². The minimum absolute atomic E-state index is 0.149. The van der Waals surface area contributed by atoms with Crippen molar-refractivity contribution in [2.75, 3.05) is 5.32 Å². The zero-order valence-electron chi connectivity index (χ0n) is 16.8. The van der Waals surface area contributed by atoms with Crippen LogP contribution in [0, 0.1) is 13.8 Å². The van der Waals surface area contributed by atoms with Crippen LogP contribution >= 0.6 is 0 Å². The fourth-order valence-electron chi connectivity index (χ4n) is 3.11. The van der Waals surface area contributed by atoms with Crippen molar-refractivity contribution < 1.29 is 9.53 Å². The van der Waals surface area contributed by atoms with Crippen LogP contribution in [0.2, 0.25) is 0 Å². The first-order chi connectivity index (χ1) is 14.5. The van der Waals surface area contributed by atoms with E-state index in [1.807, 2.05) is 56.3 Å². The highest BCUT2D eigenvalue weighted by Crippen LogP contribution is 2.24. The average molecular weight is 399 g/mol. The van der Waals surface area contributed by atoms with Crippen molar-refractivity contribution >= 4 is 17.2 Å². The Morgan fingerprint density at radius 3 is 2.63 bits per heavy atom. The van der Waals surface area contributed by atoms with Crippen LogP contribution in [0.25, 0.3) is 5.65 Å². The van der Waals surface area contributed by atoms with Gasteiger partial charge in [0, 0.05) is 29.6 Å². The summed E-state index contributed by atoms with van der Waals surface area (Å²) in [6, 6.07) is 19.7. The van der Waals surface area contributed by atoms with Gasteiger partial charge < -0.3 is 10.1 Å². The predicted molar refractivity (Wildman–Crippen MR) is 116 cm³/mol. The molecule has 1 N–H and O–H groups in total. The standard InChI is InChI=1S/C24H21N3O3/c1-16-10-11-27-22(12-16)25-20(14-23(27)28)15-30-21-13-19(9-8-17(21)2)26-24(29)18-6-4-3-5-7-18/h3-14H,15H2,1-2H3,(H,26,29). The largest absolute Gasteiger partial charge is 0.487 e. The number of nitrogens with one attached hydrogen (secondary N) is 1. The molecule has 0 radical (unpaired) electrons. The molecule has 0 saturated carbocycles. The summed E-state index contributed by atoms with van der Waals surface area (Å²) in [5.74, 6) is 0.428. The Kier molecular flexibility index (Phi) is 5.30. The first-order valence-corrected chi connectivity index (χ1v) is 9.58. The number of aryl methyl sites for hydroxylation is 2. The highest BCUT2D eigenvalue weighted by atomic mass is 16.5. The van der Waals surface area contributed by atoms with Gasteiger partial charge in [0.25, 0.3) is 11.5 Å². The molecule has 0 spiro atoms. The molecule has 0 aliphatic rings. The number of rotatable bonds is 5. The van der Waals surface area contributed by atoms with E-state index in [-0.39, 0.29) is 18.1 Å². The maximum Gasteiger partial charge on any atom is 0.258 e. The Labute approximate surface area is 173 Å². The van der Waals surface area contributed by atoms with Gasteiger partial charge in [-0.1, -0.05) is 24.3 Å². The van der Waals surface area contributed by atoms with E-state index in [4.69, 9.17) is 4.74 Å². The number of amides is 1. The maximum atomic E-state index is 12.4. The number of ether oxygens (including phenoxy) is 1. The Balaban J connectivity index is 1.52. The van der Waals surface area contributed by atoms with Gasteiger partial charge in [0.2, 0.25) is 0 Å². The summed E-state index contributed by atoms with van der Waals surface area (Å²) in [6.45, 7) is 4.02.